The number of fused-ring (bicyclic) bond motifs is 2. The van der Waals surface area contributed by atoms with Gasteiger partial charge < -0.3 is 18.6 Å². The number of rotatable bonds is 10. The minimum absolute atomic E-state index is 0.00659. The molecule has 2 saturated carbocycles. The van der Waals surface area contributed by atoms with Gasteiger partial charge in [0, 0.05) is 16.5 Å². The minimum atomic E-state index is -1.65. The maximum absolute atomic E-state index is 14.7. The van der Waals surface area contributed by atoms with E-state index >= 15 is 0 Å². The van der Waals surface area contributed by atoms with Gasteiger partial charge in [0.2, 0.25) is 5.89 Å². The fourth-order valence-corrected chi connectivity index (χ4v) is 8.63. The van der Waals surface area contributed by atoms with Crippen molar-refractivity contribution in [1.82, 2.24) is 14.1 Å². The van der Waals surface area contributed by atoms with Crippen molar-refractivity contribution < 1.29 is 23.4 Å². The Morgan fingerprint density at radius 2 is 1.84 bits per heavy atom. The van der Waals surface area contributed by atoms with E-state index < -0.39 is 34.5 Å². The number of oxazole rings is 1. The Kier molecular flexibility index (Phi) is 9.25. The number of aryl methyl sites for hydroxylation is 1. The zero-order valence-corrected chi connectivity index (χ0v) is 29.7. The molecule has 0 radical (unpaired) electrons. The molecule has 2 fully saturated rings. The van der Waals surface area contributed by atoms with E-state index in [-0.39, 0.29) is 24.1 Å². The molecular formula is C35H42N6O7S. The van der Waals surface area contributed by atoms with E-state index in [1.165, 1.54) is 42.2 Å². The summed E-state index contributed by atoms with van der Waals surface area (Å²) in [6, 6.07) is 7.53. The second-order valence-electron chi connectivity index (χ2n) is 14.5. The highest BCUT2D eigenvalue weighted by molar-refractivity contribution is 7.22. The number of esters is 1. The molecule has 14 heteroatoms. The number of thiophene rings is 1. The first-order chi connectivity index (χ1) is 23.2. The molecule has 0 N–H and O–H groups in total. The standard InChI is InChI=1S/C35H42N6O7S/c1-19-27-30(42)41(35(5,6)32(43)48-34(2,3)4)33(44)40(31(27)49-28(19)29-37-12-13-46-29)18-26(24-10-8-9-11-25(24)45-7)47-23-16-20-14-22(38-39-36)15-21(20)17-23/h8-13,20-23,26H,14-18H2,1-7H3/t20-,21+,22?,23?,26?. The smallest absolute Gasteiger partial charge is 0.333 e. The fourth-order valence-electron chi connectivity index (χ4n) is 7.39. The highest BCUT2D eigenvalue weighted by Gasteiger charge is 2.43. The van der Waals surface area contributed by atoms with Crippen molar-refractivity contribution in [3.05, 3.63) is 79.1 Å². The lowest BCUT2D eigenvalue weighted by Crippen LogP contribution is -2.54. The highest BCUT2D eigenvalue weighted by atomic mass is 32.1. The van der Waals surface area contributed by atoms with Gasteiger partial charge in [-0.3, -0.25) is 9.36 Å². The molecule has 5 atom stereocenters. The number of benzene rings is 1. The maximum atomic E-state index is 14.7. The normalized spacial score (nSPS) is 21.4. The summed E-state index contributed by atoms with van der Waals surface area (Å²) < 4.78 is 26.5. The minimum Gasteiger partial charge on any atom is -0.496 e. The summed E-state index contributed by atoms with van der Waals surface area (Å²) in [5.74, 6) is 0.980. The number of hydrogen-bond acceptors (Lipinski definition) is 10. The van der Waals surface area contributed by atoms with Crippen LogP contribution < -0.4 is 16.0 Å². The van der Waals surface area contributed by atoms with Crippen LogP contribution in [0.4, 0.5) is 0 Å². The molecule has 0 spiro atoms. The Labute approximate surface area is 287 Å². The van der Waals surface area contributed by atoms with Crippen LogP contribution in [0.15, 0.2) is 55.8 Å². The van der Waals surface area contributed by atoms with Crippen LogP contribution in [-0.4, -0.2) is 44.9 Å². The summed E-state index contributed by atoms with van der Waals surface area (Å²) in [6.45, 7) is 10.1. The topological polar surface area (TPSA) is 164 Å². The van der Waals surface area contributed by atoms with Crippen LogP contribution in [-0.2, 0) is 26.4 Å². The number of carbonyl (C=O) groups is 1. The molecule has 260 valence electrons. The van der Waals surface area contributed by atoms with Gasteiger partial charge in [0.05, 0.1) is 36.2 Å². The first-order valence-electron chi connectivity index (χ1n) is 16.5. The number of azide groups is 1. The molecule has 49 heavy (non-hydrogen) atoms. The molecular weight excluding hydrogens is 648 g/mol. The zero-order chi connectivity index (χ0) is 35.2. The number of methoxy groups -OCH3 is 1. The summed E-state index contributed by atoms with van der Waals surface area (Å²) in [6.07, 6.45) is 5.47. The quantitative estimate of drug-likeness (QED) is 0.0751. The average Bonchev–Trinajstić information content (AvgIpc) is 3.82. The number of aromatic nitrogens is 3. The molecule has 6 rings (SSSR count). The summed E-state index contributed by atoms with van der Waals surface area (Å²) in [7, 11) is 1.59. The average molecular weight is 691 g/mol. The molecule has 1 aromatic carbocycles. The lowest BCUT2D eigenvalue weighted by atomic mass is 10.0. The molecule has 0 aliphatic heterocycles. The van der Waals surface area contributed by atoms with Crippen molar-refractivity contribution in [3.8, 4) is 16.5 Å². The third kappa shape index (κ3) is 6.52. The van der Waals surface area contributed by atoms with E-state index in [2.05, 4.69) is 15.0 Å². The number of para-hydroxylation sites is 1. The maximum Gasteiger partial charge on any atom is 0.333 e. The van der Waals surface area contributed by atoms with Crippen LogP contribution in [0.2, 0.25) is 0 Å². The van der Waals surface area contributed by atoms with Crippen LogP contribution >= 0.6 is 11.3 Å². The summed E-state index contributed by atoms with van der Waals surface area (Å²) in [5, 5.41) is 4.25. The van der Waals surface area contributed by atoms with Gasteiger partial charge in [-0.15, -0.1) is 11.3 Å². The largest absolute Gasteiger partial charge is 0.496 e. The van der Waals surface area contributed by atoms with Crippen molar-refractivity contribution in [2.75, 3.05) is 7.11 Å². The van der Waals surface area contributed by atoms with Crippen LogP contribution in [0.25, 0.3) is 31.4 Å². The van der Waals surface area contributed by atoms with E-state index in [4.69, 9.17) is 24.2 Å². The van der Waals surface area contributed by atoms with Crippen LogP contribution in [0.1, 0.15) is 77.5 Å². The molecule has 3 heterocycles. The predicted octanol–water partition coefficient (Wildman–Crippen LogP) is 6.90. The monoisotopic (exact) mass is 690 g/mol. The Morgan fingerprint density at radius 1 is 1.14 bits per heavy atom. The number of nitrogens with zero attached hydrogens (tertiary/aromatic N) is 6. The molecule has 2 aliphatic carbocycles. The molecule has 2 aliphatic rings. The molecule has 13 nitrogen and oxygen atoms in total. The first-order valence-corrected chi connectivity index (χ1v) is 17.3. The Bertz CT molecular complexity index is 2020. The van der Waals surface area contributed by atoms with E-state index in [0.717, 1.165) is 35.8 Å². The van der Waals surface area contributed by atoms with Crippen molar-refractivity contribution in [2.45, 2.75) is 103 Å². The van der Waals surface area contributed by atoms with Gasteiger partial charge in [-0.1, -0.05) is 23.3 Å². The molecule has 0 bridgehead atoms. The van der Waals surface area contributed by atoms with Gasteiger partial charge in [0.15, 0.2) is 0 Å². The van der Waals surface area contributed by atoms with Gasteiger partial charge in [-0.05, 0) is 96.2 Å². The van der Waals surface area contributed by atoms with Gasteiger partial charge in [0.1, 0.15) is 34.1 Å². The summed E-state index contributed by atoms with van der Waals surface area (Å²) in [4.78, 5) is 51.0. The van der Waals surface area contributed by atoms with Gasteiger partial charge >= 0.3 is 11.7 Å². The van der Waals surface area contributed by atoms with E-state index in [1.54, 1.807) is 34.8 Å². The SMILES string of the molecule is COc1ccccc1C(Cn1c(=O)n(C(C)(C)C(=O)OC(C)(C)C)c(=O)c2c(C)c(-c3ncco3)sc21)OC1C[C@H]2CC(N=[N+]=[N-])C[C@H]2C1. The Hall–Kier alpha value is -4.39. The number of hydrogen-bond donors (Lipinski definition) is 0. The van der Waals surface area contributed by atoms with E-state index in [1.807, 2.05) is 24.3 Å². The number of ether oxygens (including phenoxy) is 3. The molecule has 3 aromatic heterocycles. The lowest BCUT2D eigenvalue weighted by Gasteiger charge is -2.30. The molecule has 4 aromatic rings. The summed E-state index contributed by atoms with van der Waals surface area (Å²) >= 11 is 1.23. The van der Waals surface area contributed by atoms with Gasteiger partial charge in [0.25, 0.3) is 5.56 Å². The zero-order valence-electron chi connectivity index (χ0n) is 28.8. The van der Waals surface area contributed by atoms with Crippen molar-refractivity contribution >= 4 is 27.5 Å². The van der Waals surface area contributed by atoms with Crippen LogP contribution in [0.5, 0.6) is 5.75 Å². The van der Waals surface area contributed by atoms with Crippen LogP contribution in [0.3, 0.4) is 0 Å². The highest BCUT2D eigenvalue weighted by Crippen LogP contribution is 2.48. The fraction of sp³-hybridized carbons (Fsp3) is 0.543. The van der Waals surface area contributed by atoms with E-state index in [0.29, 0.717) is 38.7 Å². The first kappa shape index (κ1) is 34.5. The van der Waals surface area contributed by atoms with Gasteiger partial charge in [-0.25, -0.2) is 19.1 Å². The third-order valence-corrected chi connectivity index (χ3v) is 11.0. The van der Waals surface area contributed by atoms with Gasteiger partial charge in [-0.2, -0.15) is 0 Å². The molecule has 0 saturated heterocycles. The third-order valence-electron chi connectivity index (χ3n) is 9.65. The van der Waals surface area contributed by atoms with E-state index in [9.17, 15) is 14.4 Å². The van der Waals surface area contributed by atoms with Crippen molar-refractivity contribution in [2.24, 2.45) is 17.0 Å². The summed E-state index contributed by atoms with van der Waals surface area (Å²) in [5.41, 5.74) is 6.52. The lowest BCUT2D eigenvalue weighted by molar-refractivity contribution is -0.164. The molecule has 3 unspecified atom stereocenters. The van der Waals surface area contributed by atoms with Crippen molar-refractivity contribution in [1.29, 1.82) is 0 Å². The Balaban J connectivity index is 1.50. The van der Waals surface area contributed by atoms with Crippen molar-refractivity contribution in [3.63, 3.8) is 0 Å². The molecule has 0 amide bonds. The van der Waals surface area contributed by atoms with Crippen LogP contribution in [0, 0.1) is 18.8 Å². The second-order valence-corrected chi connectivity index (χ2v) is 15.5. The number of carbonyl (C=O) groups excluding carboxylic acids is 1. The second kappa shape index (κ2) is 13.1. The Morgan fingerprint density at radius 3 is 2.45 bits per heavy atom. The predicted molar refractivity (Wildman–Crippen MR) is 185 cm³/mol.